The van der Waals surface area contributed by atoms with Crippen LogP contribution in [0.5, 0.6) is 0 Å². The van der Waals surface area contributed by atoms with E-state index in [-0.39, 0.29) is 12.5 Å². The molecule has 3 nitrogen and oxygen atoms in total. The molecule has 0 aliphatic rings. The first-order valence-electron chi connectivity index (χ1n) is 3.79. The number of aliphatic hydroxyl groups is 3. The van der Waals surface area contributed by atoms with Crippen molar-refractivity contribution in [1.29, 1.82) is 0 Å². The predicted octanol–water partition coefficient (Wildman–Crippen LogP) is 0.137. The van der Waals surface area contributed by atoms with Gasteiger partial charge in [-0.2, -0.15) is 0 Å². The molecule has 0 aromatic rings. The molecule has 3 heteroatoms. The molecule has 0 saturated carbocycles. The van der Waals surface area contributed by atoms with Gasteiger partial charge in [0.25, 0.3) is 0 Å². The lowest BCUT2D eigenvalue weighted by molar-refractivity contribution is -0.155. The van der Waals surface area contributed by atoms with Gasteiger partial charge in [-0.15, -0.1) is 0 Å². The van der Waals surface area contributed by atoms with E-state index in [1.807, 2.05) is 0 Å². The predicted molar refractivity (Wildman–Crippen MR) is 43.2 cm³/mol. The lowest BCUT2D eigenvalue weighted by Gasteiger charge is -2.39. The van der Waals surface area contributed by atoms with Crippen LogP contribution in [-0.4, -0.2) is 33.1 Å². The quantitative estimate of drug-likeness (QED) is 0.553. The number of hydrogen-bond acceptors (Lipinski definition) is 3. The van der Waals surface area contributed by atoms with E-state index in [2.05, 4.69) is 0 Å². The van der Waals surface area contributed by atoms with Crippen molar-refractivity contribution in [1.82, 2.24) is 0 Å². The lowest BCUT2D eigenvalue weighted by Crippen LogP contribution is -2.53. The Labute approximate surface area is 67.7 Å². The SMILES string of the molecule is CC(CO)C(C)(O)C(C)(C)O. The largest absolute Gasteiger partial charge is 0.396 e. The van der Waals surface area contributed by atoms with Crippen molar-refractivity contribution in [3.05, 3.63) is 0 Å². The molecule has 0 aliphatic heterocycles. The van der Waals surface area contributed by atoms with Crippen LogP contribution in [0.2, 0.25) is 0 Å². The van der Waals surface area contributed by atoms with Gasteiger partial charge in [-0.05, 0) is 20.8 Å². The number of hydrogen-bond donors (Lipinski definition) is 3. The Kier molecular flexibility index (Phi) is 3.06. The maximum Gasteiger partial charge on any atom is 0.0947 e. The molecule has 68 valence electrons. The molecule has 0 spiro atoms. The van der Waals surface area contributed by atoms with Crippen molar-refractivity contribution >= 4 is 0 Å². The second kappa shape index (κ2) is 3.09. The minimum absolute atomic E-state index is 0.128. The molecule has 0 aromatic carbocycles. The standard InChI is InChI=1S/C8H18O3/c1-6(5-9)8(4,11)7(2,3)10/h6,9-11H,5H2,1-4H3. The second-order valence-corrected chi connectivity index (χ2v) is 3.79. The average molecular weight is 162 g/mol. The molecule has 0 fully saturated rings. The van der Waals surface area contributed by atoms with Crippen molar-refractivity contribution in [2.45, 2.75) is 38.9 Å². The first-order chi connectivity index (χ1) is 4.73. The molecule has 0 aliphatic carbocycles. The molecular weight excluding hydrogens is 144 g/mol. The Morgan fingerprint density at radius 3 is 1.64 bits per heavy atom. The Hall–Kier alpha value is -0.120. The first kappa shape index (κ1) is 10.9. The Morgan fingerprint density at radius 2 is 1.55 bits per heavy atom. The maximum atomic E-state index is 9.71. The van der Waals surface area contributed by atoms with E-state index in [1.165, 1.54) is 20.8 Å². The van der Waals surface area contributed by atoms with Gasteiger partial charge in [0.15, 0.2) is 0 Å². The summed E-state index contributed by atoms with van der Waals surface area (Å²) in [6.07, 6.45) is 0. The van der Waals surface area contributed by atoms with E-state index in [1.54, 1.807) is 6.92 Å². The average Bonchev–Trinajstić information content (AvgIpc) is 1.83. The van der Waals surface area contributed by atoms with Crippen molar-refractivity contribution < 1.29 is 15.3 Å². The molecule has 0 rings (SSSR count). The van der Waals surface area contributed by atoms with Crippen molar-refractivity contribution in [2.75, 3.05) is 6.61 Å². The molecule has 0 bridgehead atoms. The van der Waals surface area contributed by atoms with Crippen LogP contribution in [0.4, 0.5) is 0 Å². The second-order valence-electron chi connectivity index (χ2n) is 3.79. The van der Waals surface area contributed by atoms with Gasteiger partial charge in [-0.25, -0.2) is 0 Å². The molecule has 0 aromatic heterocycles. The van der Waals surface area contributed by atoms with E-state index in [4.69, 9.17) is 5.11 Å². The van der Waals surface area contributed by atoms with Gasteiger partial charge >= 0.3 is 0 Å². The summed E-state index contributed by atoms with van der Waals surface area (Å²) in [5.74, 6) is -0.331. The first-order valence-corrected chi connectivity index (χ1v) is 3.79. The highest BCUT2D eigenvalue weighted by Gasteiger charge is 2.41. The fourth-order valence-electron chi connectivity index (χ4n) is 0.781. The Bertz CT molecular complexity index is 124. The van der Waals surface area contributed by atoms with Crippen LogP contribution < -0.4 is 0 Å². The maximum absolute atomic E-state index is 9.71. The third kappa shape index (κ3) is 2.15. The van der Waals surface area contributed by atoms with Gasteiger partial charge in [-0.1, -0.05) is 6.92 Å². The molecule has 0 radical (unpaired) electrons. The van der Waals surface area contributed by atoms with Gasteiger partial charge in [0.1, 0.15) is 0 Å². The van der Waals surface area contributed by atoms with Crippen LogP contribution in [0, 0.1) is 5.92 Å². The van der Waals surface area contributed by atoms with Crippen LogP contribution in [-0.2, 0) is 0 Å². The Balaban J connectivity index is 4.45. The van der Waals surface area contributed by atoms with Crippen molar-refractivity contribution in [2.24, 2.45) is 5.92 Å². The molecule has 0 amide bonds. The summed E-state index contributed by atoms with van der Waals surface area (Å²) in [5, 5.41) is 28.0. The van der Waals surface area contributed by atoms with E-state index < -0.39 is 11.2 Å². The molecule has 3 N–H and O–H groups in total. The summed E-state index contributed by atoms with van der Waals surface area (Å²) in [6.45, 7) is 6.14. The molecule has 0 heterocycles. The van der Waals surface area contributed by atoms with Gasteiger partial charge in [0.2, 0.25) is 0 Å². The van der Waals surface area contributed by atoms with Gasteiger partial charge < -0.3 is 15.3 Å². The van der Waals surface area contributed by atoms with E-state index >= 15 is 0 Å². The van der Waals surface area contributed by atoms with E-state index in [0.717, 1.165) is 0 Å². The third-order valence-corrected chi connectivity index (χ3v) is 2.47. The highest BCUT2D eigenvalue weighted by Crippen LogP contribution is 2.28. The van der Waals surface area contributed by atoms with Crippen LogP contribution in [0.3, 0.4) is 0 Å². The zero-order chi connectivity index (χ0) is 9.28. The fourth-order valence-corrected chi connectivity index (χ4v) is 0.781. The van der Waals surface area contributed by atoms with Gasteiger partial charge in [-0.3, -0.25) is 0 Å². The third-order valence-electron chi connectivity index (χ3n) is 2.47. The highest BCUT2D eigenvalue weighted by molar-refractivity contribution is 4.93. The molecule has 2 atom stereocenters. The monoisotopic (exact) mass is 162 g/mol. The molecule has 2 unspecified atom stereocenters. The summed E-state index contributed by atoms with van der Waals surface area (Å²) in [4.78, 5) is 0. The van der Waals surface area contributed by atoms with Crippen LogP contribution in [0.25, 0.3) is 0 Å². The van der Waals surface area contributed by atoms with E-state index in [0.29, 0.717) is 0 Å². The number of aliphatic hydroxyl groups excluding tert-OH is 1. The zero-order valence-corrected chi connectivity index (χ0v) is 7.63. The lowest BCUT2D eigenvalue weighted by atomic mass is 9.78. The fraction of sp³-hybridized carbons (Fsp3) is 1.00. The summed E-state index contributed by atoms with van der Waals surface area (Å²) in [6, 6.07) is 0. The smallest absolute Gasteiger partial charge is 0.0947 e. The normalized spacial score (nSPS) is 21.0. The van der Waals surface area contributed by atoms with Crippen LogP contribution in [0.15, 0.2) is 0 Å². The summed E-state index contributed by atoms with van der Waals surface area (Å²) in [7, 11) is 0. The number of rotatable bonds is 3. The van der Waals surface area contributed by atoms with Gasteiger partial charge in [0.05, 0.1) is 11.2 Å². The molecular formula is C8H18O3. The zero-order valence-electron chi connectivity index (χ0n) is 7.63. The molecule has 0 saturated heterocycles. The van der Waals surface area contributed by atoms with Crippen molar-refractivity contribution in [3.63, 3.8) is 0 Å². The Morgan fingerprint density at radius 1 is 1.18 bits per heavy atom. The minimum atomic E-state index is -1.25. The van der Waals surface area contributed by atoms with Crippen LogP contribution >= 0.6 is 0 Å². The van der Waals surface area contributed by atoms with Crippen LogP contribution in [0.1, 0.15) is 27.7 Å². The summed E-state index contributed by atoms with van der Waals surface area (Å²) >= 11 is 0. The van der Waals surface area contributed by atoms with Gasteiger partial charge in [0, 0.05) is 12.5 Å². The molecule has 11 heavy (non-hydrogen) atoms. The van der Waals surface area contributed by atoms with Crippen molar-refractivity contribution in [3.8, 4) is 0 Å². The highest BCUT2D eigenvalue weighted by atomic mass is 16.4. The summed E-state index contributed by atoms with van der Waals surface area (Å²) in [5.41, 5.74) is -2.43. The topological polar surface area (TPSA) is 60.7 Å². The minimum Gasteiger partial charge on any atom is -0.396 e. The van der Waals surface area contributed by atoms with E-state index in [9.17, 15) is 10.2 Å². The summed E-state index contributed by atoms with van der Waals surface area (Å²) < 4.78 is 0.